The van der Waals surface area contributed by atoms with Gasteiger partial charge in [-0.25, -0.2) is 4.98 Å². The maximum absolute atomic E-state index is 6.07. The molecule has 35 heavy (non-hydrogen) atoms. The molecular weight excluding hydrogens is 452 g/mol. The number of nitrogens with zero attached hydrogens (tertiary/aromatic N) is 2. The van der Waals surface area contributed by atoms with Crippen LogP contribution in [0.25, 0.3) is 61.2 Å². The van der Waals surface area contributed by atoms with E-state index >= 15 is 0 Å². The number of halogens is 1. The quantitative estimate of drug-likeness (QED) is 0.258. The number of benzene rings is 5. The Morgan fingerprint density at radius 3 is 1.83 bits per heavy atom. The normalized spacial score (nSPS) is 11.6. The van der Waals surface area contributed by atoms with Crippen molar-refractivity contribution in [1.29, 1.82) is 0 Å². The molecule has 0 saturated carbocycles. The highest BCUT2D eigenvalue weighted by atomic mass is 35.5. The van der Waals surface area contributed by atoms with Gasteiger partial charge in [0.05, 0.1) is 11.0 Å². The van der Waals surface area contributed by atoms with Crippen LogP contribution >= 0.6 is 11.6 Å². The first-order chi connectivity index (χ1) is 17.2. The average Bonchev–Trinajstić information content (AvgIpc) is 3.48. The molecule has 0 aliphatic rings. The van der Waals surface area contributed by atoms with E-state index in [9.17, 15) is 0 Å². The molecule has 0 N–H and O–H groups in total. The van der Waals surface area contributed by atoms with Gasteiger partial charge in [-0.05, 0) is 59.7 Å². The maximum Gasteiger partial charge on any atom is 0.227 e. The van der Waals surface area contributed by atoms with Crippen molar-refractivity contribution in [3.63, 3.8) is 0 Å². The molecule has 0 aliphatic carbocycles. The smallest absolute Gasteiger partial charge is 0.227 e. The molecule has 0 aliphatic heterocycles. The van der Waals surface area contributed by atoms with Crippen LogP contribution in [-0.4, -0.2) is 9.55 Å². The van der Waals surface area contributed by atoms with Gasteiger partial charge in [-0.1, -0.05) is 72.3 Å². The molecule has 0 atom stereocenters. The molecule has 5 aromatic carbocycles. The fourth-order valence-corrected chi connectivity index (χ4v) is 4.99. The van der Waals surface area contributed by atoms with Crippen molar-refractivity contribution in [3.05, 3.63) is 120 Å². The van der Waals surface area contributed by atoms with Crippen molar-refractivity contribution in [2.45, 2.75) is 0 Å². The van der Waals surface area contributed by atoms with Gasteiger partial charge in [0, 0.05) is 33.1 Å². The van der Waals surface area contributed by atoms with Crippen LogP contribution in [0.15, 0.2) is 120 Å². The highest BCUT2D eigenvalue weighted by Gasteiger charge is 2.12. The minimum Gasteiger partial charge on any atom is -0.436 e. The maximum atomic E-state index is 6.07. The summed E-state index contributed by atoms with van der Waals surface area (Å²) >= 11 is 6.07. The highest BCUT2D eigenvalue weighted by molar-refractivity contribution is 6.31. The van der Waals surface area contributed by atoms with E-state index in [-0.39, 0.29) is 0 Å². The van der Waals surface area contributed by atoms with Gasteiger partial charge >= 0.3 is 0 Å². The van der Waals surface area contributed by atoms with E-state index in [1.54, 1.807) is 6.07 Å². The van der Waals surface area contributed by atoms with Crippen molar-refractivity contribution in [2.75, 3.05) is 0 Å². The van der Waals surface area contributed by atoms with E-state index in [1.165, 1.54) is 21.8 Å². The van der Waals surface area contributed by atoms with Crippen LogP contribution in [0.2, 0.25) is 5.02 Å². The Balaban J connectivity index is 1.24. The van der Waals surface area contributed by atoms with E-state index < -0.39 is 0 Å². The molecule has 0 bridgehead atoms. The van der Waals surface area contributed by atoms with Crippen LogP contribution in [0.1, 0.15) is 0 Å². The third-order valence-electron chi connectivity index (χ3n) is 6.52. The number of rotatable bonds is 3. The summed E-state index contributed by atoms with van der Waals surface area (Å²) < 4.78 is 8.24. The third-order valence-corrected chi connectivity index (χ3v) is 6.76. The molecule has 0 amide bonds. The van der Waals surface area contributed by atoms with Crippen LogP contribution in [-0.2, 0) is 0 Å². The van der Waals surface area contributed by atoms with Crippen LogP contribution in [0.5, 0.6) is 0 Å². The molecule has 7 aromatic rings. The topological polar surface area (TPSA) is 31.0 Å². The lowest BCUT2D eigenvalue weighted by Crippen LogP contribution is -1.93. The molecule has 0 radical (unpaired) electrons. The second-order valence-corrected chi connectivity index (χ2v) is 9.06. The minimum absolute atomic E-state index is 0.593. The summed E-state index contributed by atoms with van der Waals surface area (Å²) in [4.78, 5) is 4.59. The summed E-state index contributed by atoms with van der Waals surface area (Å²) in [5, 5.41) is 3.17. The number of oxazole rings is 1. The molecule has 0 spiro atoms. The summed E-state index contributed by atoms with van der Waals surface area (Å²) in [6.07, 6.45) is 0. The Labute approximate surface area is 206 Å². The zero-order valence-electron chi connectivity index (χ0n) is 18.7. The lowest BCUT2D eigenvalue weighted by atomic mass is 10.0. The van der Waals surface area contributed by atoms with Gasteiger partial charge in [-0.3, -0.25) is 0 Å². The van der Waals surface area contributed by atoms with Crippen LogP contribution in [0, 0.1) is 0 Å². The van der Waals surface area contributed by atoms with Gasteiger partial charge in [0.1, 0.15) is 5.52 Å². The average molecular weight is 471 g/mol. The minimum atomic E-state index is 0.593. The number of hydrogen-bond acceptors (Lipinski definition) is 2. The lowest BCUT2D eigenvalue weighted by Gasteiger charge is -2.09. The first-order valence-electron chi connectivity index (χ1n) is 11.5. The van der Waals surface area contributed by atoms with Crippen molar-refractivity contribution in [1.82, 2.24) is 9.55 Å². The summed E-state index contributed by atoms with van der Waals surface area (Å²) in [5.74, 6) is 0.593. The fraction of sp³-hybridized carbons (Fsp3) is 0. The van der Waals surface area contributed by atoms with E-state index in [0.29, 0.717) is 16.5 Å². The van der Waals surface area contributed by atoms with Crippen LogP contribution in [0.3, 0.4) is 0 Å². The molecule has 2 heterocycles. The van der Waals surface area contributed by atoms with E-state index in [1.807, 2.05) is 24.3 Å². The fourth-order valence-electron chi connectivity index (χ4n) is 4.83. The Morgan fingerprint density at radius 1 is 0.600 bits per heavy atom. The van der Waals surface area contributed by atoms with E-state index in [2.05, 4.69) is 94.5 Å². The van der Waals surface area contributed by atoms with Crippen LogP contribution in [0.4, 0.5) is 0 Å². The zero-order chi connectivity index (χ0) is 23.4. The summed E-state index contributed by atoms with van der Waals surface area (Å²) in [6, 6.07) is 39.6. The molecule has 7 rings (SSSR count). The summed E-state index contributed by atoms with van der Waals surface area (Å²) in [5.41, 5.74) is 8.30. The standard InChI is InChI=1S/C31H19ClN2O/c32-23-15-18-27-30(19-23)35-31(33-27)22-11-9-20(10-12-22)21-13-16-24(17-14-21)34-28-7-3-1-5-25(28)26-6-2-4-8-29(26)34/h1-19H. The SMILES string of the molecule is Clc1ccc2nc(-c3ccc(-c4ccc(-n5c6ccccc6c6ccccc65)cc4)cc3)oc2c1. The van der Waals surface area contributed by atoms with Crippen molar-refractivity contribution < 1.29 is 4.42 Å². The predicted octanol–water partition coefficient (Wildman–Crippen LogP) is 8.91. The highest BCUT2D eigenvalue weighted by Crippen LogP contribution is 2.33. The van der Waals surface area contributed by atoms with Crippen LogP contribution < -0.4 is 0 Å². The molecule has 0 unspecified atom stereocenters. The number of aromatic nitrogens is 2. The monoisotopic (exact) mass is 470 g/mol. The number of para-hydroxylation sites is 2. The largest absolute Gasteiger partial charge is 0.436 e. The predicted molar refractivity (Wildman–Crippen MR) is 144 cm³/mol. The molecule has 0 saturated heterocycles. The van der Waals surface area contributed by atoms with Gasteiger partial charge in [0.2, 0.25) is 5.89 Å². The molecule has 166 valence electrons. The molecular formula is C31H19ClN2O. The first-order valence-corrected chi connectivity index (χ1v) is 11.9. The third kappa shape index (κ3) is 3.32. The Kier molecular flexibility index (Phi) is 4.51. The van der Waals surface area contributed by atoms with Gasteiger partial charge < -0.3 is 8.98 Å². The first kappa shape index (κ1) is 20.1. The van der Waals surface area contributed by atoms with Crippen molar-refractivity contribution >= 4 is 44.5 Å². The van der Waals surface area contributed by atoms with Gasteiger partial charge in [0.15, 0.2) is 5.58 Å². The second kappa shape index (κ2) is 7.86. The second-order valence-electron chi connectivity index (χ2n) is 8.62. The lowest BCUT2D eigenvalue weighted by molar-refractivity contribution is 0.620. The van der Waals surface area contributed by atoms with Gasteiger partial charge in [-0.2, -0.15) is 0 Å². The number of hydrogen-bond donors (Lipinski definition) is 0. The van der Waals surface area contributed by atoms with E-state index in [0.717, 1.165) is 27.9 Å². The molecule has 0 fully saturated rings. The Morgan fingerprint density at radius 2 is 1.17 bits per heavy atom. The zero-order valence-corrected chi connectivity index (χ0v) is 19.4. The summed E-state index contributed by atoms with van der Waals surface area (Å²) in [7, 11) is 0. The van der Waals surface area contributed by atoms with Crippen molar-refractivity contribution in [2.24, 2.45) is 0 Å². The molecule has 3 nitrogen and oxygen atoms in total. The summed E-state index contributed by atoms with van der Waals surface area (Å²) in [6.45, 7) is 0. The Hall–Kier alpha value is -4.34. The number of fused-ring (bicyclic) bond motifs is 4. The van der Waals surface area contributed by atoms with Crippen molar-refractivity contribution in [3.8, 4) is 28.3 Å². The molecule has 2 aromatic heterocycles. The Bertz CT molecular complexity index is 1790. The van der Waals surface area contributed by atoms with Gasteiger partial charge in [-0.15, -0.1) is 0 Å². The molecule has 4 heteroatoms. The van der Waals surface area contributed by atoms with E-state index in [4.69, 9.17) is 16.0 Å². The van der Waals surface area contributed by atoms with Gasteiger partial charge in [0.25, 0.3) is 0 Å².